The SMILES string of the molecule is Cc1cccc2c1CC(C)(CCC#N)C2=O. The number of hydrogen-bond donors (Lipinski definition) is 0. The van der Waals surface area contributed by atoms with Gasteiger partial charge >= 0.3 is 0 Å². The monoisotopic (exact) mass is 213 g/mol. The summed E-state index contributed by atoms with van der Waals surface area (Å²) in [6.07, 6.45) is 1.90. The van der Waals surface area contributed by atoms with E-state index in [-0.39, 0.29) is 11.2 Å². The van der Waals surface area contributed by atoms with Gasteiger partial charge in [0, 0.05) is 17.4 Å². The van der Waals surface area contributed by atoms with Gasteiger partial charge in [0.15, 0.2) is 5.78 Å². The largest absolute Gasteiger partial charge is 0.294 e. The maximum absolute atomic E-state index is 12.3. The van der Waals surface area contributed by atoms with Gasteiger partial charge in [-0.05, 0) is 30.9 Å². The highest BCUT2D eigenvalue weighted by molar-refractivity contribution is 6.05. The van der Waals surface area contributed by atoms with Gasteiger partial charge in [0.1, 0.15) is 0 Å². The van der Waals surface area contributed by atoms with Gasteiger partial charge in [0.05, 0.1) is 6.07 Å². The number of carbonyl (C=O) groups excluding carboxylic acids is 1. The Kier molecular flexibility index (Phi) is 2.55. The lowest BCUT2D eigenvalue weighted by Gasteiger charge is -2.19. The van der Waals surface area contributed by atoms with Crippen LogP contribution in [0.3, 0.4) is 0 Å². The third-order valence-corrected chi connectivity index (χ3v) is 3.56. The highest BCUT2D eigenvalue weighted by Gasteiger charge is 2.41. The van der Waals surface area contributed by atoms with Gasteiger partial charge in [-0.25, -0.2) is 0 Å². The number of hydrogen-bond acceptors (Lipinski definition) is 2. The molecule has 1 aliphatic carbocycles. The molecule has 0 saturated carbocycles. The first-order chi connectivity index (χ1) is 7.58. The molecule has 0 aliphatic heterocycles. The first-order valence-corrected chi connectivity index (χ1v) is 5.59. The maximum atomic E-state index is 12.3. The van der Waals surface area contributed by atoms with E-state index < -0.39 is 0 Å². The molecule has 1 aromatic carbocycles. The molecular formula is C14H15NO. The normalized spacial score (nSPS) is 22.9. The zero-order valence-electron chi connectivity index (χ0n) is 9.71. The Balaban J connectivity index is 2.38. The summed E-state index contributed by atoms with van der Waals surface area (Å²) >= 11 is 0. The van der Waals surface area contributed by atoms with E-state index in [2.05, 4.69) is 6.07 Å². The summed E-state index contributed by atoms with van der Waals surface area (Å²) in [5.74, 6) is 0.210. The van der Waals surface area contributed by atoms with Crippen molar-refractivity contribution in [3.63, 3.8) is 0 Å². The summed E-state index contributed by atoms with van der Waals surface area (Å²) < 4.78 is 0. The fraction of sp³-hybridized carbons (Fsp3) is 0.429. The predicted molar refractivity (Wildman–Crippen MR) is 62.2 cm³/mol. The van der Waals surface area contributed by atoms with Crippen molar-refractivity contribution in [2.75, 3.05) is 0 Å². The molecule has 0 radical (unpaired) electrons. The zero-order valence-corrected chi connectivity index (χ0v) is 9.71. The second kappa shape index (κ2) is 3.75. The standard InChI is InChI=1S/C14H15NO/c1-10-5-3-6-11-12(10)9-14(2,13(11)16)7-4-8-15/h3,5-6H,4,7,9H2,1-2H3. The van der Waals surface area contributed by atoms with Gasteiger partial charge in [-0.1, -0.05) is 25.1 Å². The van der Waals surface area contributed by atoms with E-state index >= 15 is 0 Å². The summed E-state index contributed by atoms with van der Waals surface area (Å²) in [4.78, 5) is 12.3. The molecule has 1 unspecified atom stereocenters. The molecule has 0 bridgehead atoms. The Labute approximate surface area is 95.9 Å². The van der Waals surface area contributed by atoms with Gasteiger partial charge in [0.2, 0.25) is 0 Å². The van der Waals surface area contributed by atoms with E-state index in [1.165, 1.54) is 11.1 Å². The van der Waals surface area contributed by atoms with E-state index in [1.54, 1.807) is 0 Å². The second-order valence-electron chi connectivity index (χ2n) is 4.83. The van der Waals surface area contributed by atoms with Crippen LogP contribution in [0.1, 0.15) is 41.3 Å². The first kappa shape index (κ1) is 10.9. The van der Waals surface area contributed by atoms with Crippen molar-refractivity contribution in [3.05, 3.63) is 34.9 Å². The smallest absolute Gasteiger partial charge is 0.169 e. The van der Waals surface area contributed by atoms with Crippen LogP contribution in [-0.2, 0) is 6.42 Å². The lowest BCUT2D eigenvalue weighted by atomic mass is 9.81. The van der Waals surface area contributed by atoms with Crippen LogP contribution in [0.25, 0.3) is 0 Å². The van der Waals surface area contributed by atoms with Crippen molar-refractivity contribution >= 4 is 5.78 Å². The fourth-order valence-electron chi connectivity index (χ4n) is 2.48. The van der Waals surface area contributed by atoms with Crippen molar-refractivity contribution in [1.29, 1.82) is 5.26 Å². The molecule has 0 saturated heterocycles. The molecule has 0 amide bonds. The second-order valence-corrected chi connectivity index (χ2v) is 4.83. The quantitative estimate of drug-likeness (QED) is 0.757. The molecule has 0 heterocycles. The van der Waals surface area contributed by atoms with E-state index in [0.717, 1.165) is 12.0 Å². The molecule has 0 spiro atoms. The number of nitrogens with zero attached hydrogens (tertiary/aromatic N) is 1. The fourth-order valence-corrected chi connectivity index (χ4v) is 2.48. The van der Waals surface area contributed by atoms with E-state index in [0.29, 0.717) is 12.8 Å². The van der Waals surface area contributed by atoms with Crippen molar-refractivity contribution in [3.8, 4) is 6.07 Å². The molecule has 1 aromatic rings. The minimum absolute atomic E-state index is 0.210. The van der Waals surface area contributed by atoms with Gasteiger partial charge in [-0.15, -0.1) is 0 Å². The molecular weight excluding hydrogens is 198 g/mol. The number of ketones is 1. The summed E-state index contributed by atoms with van der Waals surface area (Å²) in [6.45, 7) is 4.02. The highest BCUT2D eigenvalue weighted by Crippen LogP contribution is 2.41. The molecule has 1 atom stereocenters. The van der Waals surface area contributed by atoms with Crippen molar-refractivity contribution in [2.24, 2.45) is 5.41 Å². The van der Waals surface area contributed by atoms with Gasteiger partial charge in [0.25, 0.3) is 0 Å². The van der Waals surface area contributed by atoms with Crippen LogP contribution in [0, 0.1) is 23.7 Å². The summed E-state index contributed by atoms with van der Waals surface area (Å²) in [6, 6.07) is 8.01. The van der Waals surface area contributed by atoms with Crippen molar-refractivity contribution < 1.29 is 4.79 Å². The minimum atomic E-state index is -0.357. The summed E-state index contributed by atoms with van der Waals surface area (Å²) in [5.41, 5.74) is 2.87. The first-order valence-electron chi connectivity index (χ1n) is 5.59. The number of aryl methyl sites for hydroxylation is 1. The maximum Gasteiger partial charge on any atom is 0.169 e. The van der Waals surface area contributed by atoms with Crippen LogP contribution in [-0.4, -0.2) is 5.78 Å². The van der Waals surface area contributed by atoms with Crippen molar-refractivity contribution in [2.45, 2.75) is 33.1 Å². The molecule has 16 heavy (non-hydrogen) atoms. The van der Waals surface area contributed by atoms with Gasteiger partial charge in [-0.3, -0.25) is 4.79 Å². The Morgan fingerprint density at radius 3 is 2.88 bits per heavy atom. The molecule has 82 valence electrons. The molecule has 2 nitrogen and oxygen atoms in total. The van der Waals surface area contributed by atoms with Crippen LogP contribution >= 0.6 is 0 Å². The van der Waals surface area contributed by atoms with E-state index in [1.807, 2.05) is 32.0 Å². The van der Waals surface area contributed by atoms with Crippen LogP contribution in [0.15, 0.2) is 18.2 Å². The predicted octanol–water partition coefficient (Wildman–Crippen LogP) is 3.04. The summed E-state index contributed by atoms with van der Waals surface area (Å²) in [7, 11) is 0. The topological polar surface area (TPSA) is 40.9 Å². The Morgan fingerprint density at radius 1 is 1.50 bits per heavy atom. The average molecular weight is 213 g/mol. The number of carbonyl (C=O) groups is 1. The number of rotatable bonds is 2. The Hall–Kier alpha value is -1.62. The highest BCUT2D eigenvalue weighted by atomic mass is 16.1. The van der Waals surface area contributed by atoms with Gasteiger partial charge in [-0.2, -0.15) is 5.26 Å². The summed E-state index contributed by atoms with van der Waals surface area (Å²) in [5, 5.41) is 8.64. The van der Waals surface area contributed by atoms with Crippen LogP contribution < -0.4 is 0 Å². The van der Waals surface area contributed by atoms with E-state index in [9.17, 15) is 4.79 Å². The Bertz CT molecular complexity index is 484. The number of Topliss-reactive ketones (excluding diaryl/α,β-unsaturated/α-hetero) is 1. The van der Waals surface area contributed by atoms with Gasteiger partial charge < -0.3 is 0 Å². The third-order valence-electron chi connectivity index (χ3n) is 3.56. The lowest BCUT2D eigenvalue weighted by molar-refractivity contribution is 0.0832. The molecule has 2 rings (SSSR count). The number of fused-ring (bicyclic) bond motifs is 1. The molecule has 2 heteroatoms. The third kappa shape index (κ3) is 1.53. The zero-order chi connectivity index (χ0) is 11.8. The van der Waals surface area contributed by atoms with Crippen LogP contribution in [0.2, 0.25) is 0 Å². The van der Waals surface area contributed by atoms with Crippen molar-refractivity contribution in [1.82, 2.24) is 0 Å². The molecule has 0 N–H and O–H groups in total. The average Bonchev–Trinajstić information content (AvgIpc) is 2.52. The Morgan fingerprint density at radius 2 is 2.25 bits per heavy atom. The molecule has 0 aromatic heterocycles. The minimum Gasteiger partial charge on any atom is -0.294 e. The number of benzene rings is 1. The van der Waals surface area contributed by atoms with E-state index in [4.69, 9.17) is 5.26 Å². The number of nitriles is 1. The lowest BCUT2D eigenvalue weighted by Crippen LogP contribution is -2.23. The van der Waals surface area contributed by atoms with Crippen LogP contribution in [0.4, 0.5) is 0 Å². The molecule has 0 fully saturated rings. The molecule has 1 aliphatic rings. The van der Waals surface area contributed by atoms with Crippen LogP contribution in [0.5, 0.6) is 0 Å².